The van der Waals surface area contributed by atoms with Crippen LogP contribution in [-0.4, -0.2) is 49.7 Å². The molecule has 0 aromatic carbocycles. The maximum absolute atomic E-state index is 8.44. The van der Waals surface area contributed by atoms with Crippen molar-refractivity contribution in [3.63, 3.8) is 0 Å². The van der Waals surface area contributed by atoms with Gasteiger partial charge in [-0.1, -0.05) is 6.92 Å². The Morgan fingerprint density at radius 2 is 1.88 bits per heavy atom. The molecule has 0 atom stereocenters. The van der Waals surface area contributed by atoms with E-state index in [0.717, 1.165) is 45.1 Å². The molecule has 0 radical (unpaired) electrons. The van der Waals surface area contributed by atoms with E-state index < -0.39 is 0 Å². The molecular weight excluding hydrogens is 216 g/mol. The minimum absolute atomic E-state index is 0.330. The standard InChI is InChI=1S/C13H24N2O2/c1-11-3-5-13(16-2,6-4-11)12(14)15-7-9-17-10-8-15/h11,14H,3-10H2,1-2H3. The van der Waals surface area contributed by atoms with Crippen LogP contribution >= 0.6 is 0 Å². The number of morpholine rings is 1. The number of amidine groups is 1. The average Bonchev–Trinajstić information content (AvgIpc) is 2.40. The van der Waals surface area contributed by atoms with Crippen LogP contribution in [0.15, 0.2) is 0 Å². The van der Waals surface area contributed by atoms with Gasteiger partial charge in [-0.2, -0.15) is 0 Å². The molecule has 98 valence electrons. The first-order valence-electron chi connectivity index (χ1n) is 6.65. The summed E-state index contributed by atoms with van der Waals surface area (Å²) < 4.78 is 11.1. The van der Waals surface area contributed by atoms with Crippen LogP contribution in [-0.2, 0) is 9.47 Å². The lowest BCUT2D eigenvalue weighted by Crippen LogP contribution is -2.54. The lowest BCUT2D eigenvalue weighted by atomic mass is 9.78. The molecular formula is C13H24N2O2. The van der Waals surface area contributed by atoms with Crippen LogP contribution in [0.2, 0.25) is 0 Å². The molecule has 0 unspecified atom stereocenters. The van der Waals surface area contributed by atoms with E-state index in [1.165, 1.54) is 12.8 Å². The maximum atomic E-state index is 8.44. The summed E-state index contributed by atoms with van der Waals surface area (Å²) in [5.74, 6) is 1.45. The van der Waals surface area contributed by atoms with Crippen LogP contribution in [0.1, 0.15) is 32.6 Å². The van der Waals surface area contributed by atoms with E-state index in [0.29, 0.717) is 5.84 Å². The Kier molecular flexibility index (Phi) is 4.05. The molecule has 0 amide bonds. The van der Waals surface area contributed by atoms with Crippen LogP contribution < -0.4 is 0 Å². The van der Waals surface area contributed by atoms with Crippen LogP contribution in [0.25, 0.3) is 0 Å². The molecule has 0 aromatic heterocycles. The molecule has 0 aromatic rings. The molecule has 2 fully saturated rings. The lowest BCUT2D eigenvalue weighted by Gasteiger charge is -2.43. The van der Waals surface area contributed by atoms with Gasteiger partial charge in [-0.05, 0) is 31.6 Å². The summed E-state index contributed by atoms with van der Waals surface area (Å²) >= 11 is 0. The first kappa shape index (κ1) is 12.8. The number of methoxy groups -OCH3 is 1. The molecule has 1 aliphatic carbocycles. The quantitative estimate of drug-likeness (QED) is 0.592. The van der Waals surface area contributed by atoms with E-state index in [1.54, 1.807) is 7.11 Å². The van der Waals surface area contributed by atoms with Crippen molar-refractivity contribution in [1.29, 1.82) is 5.41 Å². The summed E-state index contributed by atoms with van der Waals surface area (Å²) in [5.41, 5.74) is -0.330. The van der Waals surface area contributed by atoms with Gasteiger partial charge in [-0.3, -0.25) is 5.41 Å². The van der Waals surface area contributed by atoms with Gasteiger partial charge in [0, 0.05) is 20.2 Å². The number of rotatable bonds is 2. The number of ether oxygens (including phenoxy) is 2. The largest absolute Gasteiger partial charge is 0.378 e. The molecule has 1 N–H and O–H groups in total. The number of nitrogens with zero attached hydrogens (tertiary/aromatic N) is 1. The smallest absolute Gasteiger partial charge is 0.129 e. The molecule has 0 bridgehead atoms. The molecule has 17 heavy (non-hydrogen) atoms. The Bertz CT molecular complexity index is 267. The van der Waals surface area contributed by atoms with Crippen molar-refractivity contribution < 1.29 is 9.47 Å². The van der Waals surface area contributed by atoms with Gasteiger partial charge in [-0.25, -0.2) is 0 Å². The Balaban J connectivity index is 2.03. The number of hydrogen-bond donors (Lipinski definition) is 1. The zero-order valence-electron chi connectivity index (χ0n) is 11.0. The highest BCUT2D eigenvalue weighted by Crippen LogP contribution is 2.36. The summed E-state index contributed by atoms with van der Waals surface area (Å²) in [6, 6.07) is 0. The summed E-state index contributed by atoms with van der Waals surface area (Å²) in [5, 5.41) is 8.44. The minimum atomic E-state index is -0.330. The number of hydrogen-bond acceptors (Lipinski definition) is 3. The maximum Gasteiger partial charge on any atom is 0.129 e. The van der Waals surface area contributed by atoms with Gasteiger partial charge in [0.2, 0.25) is 0 Å². The normalized spacial score (nSPS) is 34.7. The van der Waals surface area contributed by atoms with Crippen LogP contribution in [0.5, 0.6) is 0 Å². The summed E-state index contributed by atoms with van der Waals surface area (Å²) in [6.45, 7) is 5.42. The van der Waals surface area contributed by atoms with E-state index in [1.807, 2.05) is 0 Å². The highest BCUT2D eigenvalue weighted by molar-refractivity contribution is 5.88. The highest BCUT2D eigenvalue weighted by atomic mass is 16.5. The fraction of sp³-hybridized carbons (Fsp3) is 0.923. The highest BCUT2D eigenvalue weighted by Gasteiger charge is 2.41. The van der Waals surface area contributed by atoms with Crippen molar-refractivity contribution in [1.82, 2.24) is 4.90 Å². The minimum Gasteiger partial charge on any atom is -0.378 e. The van der Waals surface area contributed by atoms with Gasteiger partial charge >= 0.3 is 0 Å². The predicted molar refractivity (Wildman–Crippen MR) is 67.5 cm³/mol. The van der Waals surface area contributed by atoms with Gasteiger partial charge in [0.1, 0.15) is 11.4 Å². The predicted octanol–water partition coefficient (Wildman–Crippen LogP) is 1.89. The Labute approximate surface area is 104 Å². The zero-order chi connectivity index (χ0) is 12.3. The van der Waals surface area contributed by atoms with Gasteiger partial charge in [0.25, 0.3) is 0 Å². The summed E-state index contributed by atoms with van der Waals surface area (Å²) in [6.07, 6.45) is 4.31. The molecule has 1 saturated carbocycles. The van der Waals surface area contributed by atoms with Gasteiger partial charge in [0.05, 0.1) is 13.2 Å². The average molecular weight is 240 g/mol. The fourth-order valence-corrected chi connectivity index (χ4v) is 2.84. The third kappa shape index (κ3) is 2.63. The van der Waals surface area contributed by atoms with Crippen molar-refractivity contribution in [3.8, 4) is 0 Å². The lowest BCUT2D eigenvalue weighted by molar-refractivity contribution is -0.0102. The Morgan fingerprint density at radius 1 is 1.29 bits per heavy atom. The molecule has 2 rings (SSSR count). The van der Waals surface area contributed by atoms with Gasteiger partial charge in [0.15, 0.2) is 0 Å². The first-order chi connectivity index (χ1) is 8.18. The SMILES string of the molecule is COC1(C(=N)N2CCOCC2)CCC(C)CC1. The monoisotopic (exact) mass is 240 g/mol. The number of nitrogens with one attached hydrogen (secondary N) is 1. The zero-order valence-corrected chi connectivity index (χ0v) is 11.0. The van der Waals surface area contributed by atoms with E-state index >= 15 is 0 Å². The van der Waals surface area contributed by atoms with Crippen molar-refractivity contribution in [3.05, 3.63) is 0 Å². The second kappa shape index (κ2) is 5.36. The second-order valence-electron chi connectivity index (χ2n) is 5.33. The third-order valence-electron chi connectivity index (χ3n) is 4.23. The van der Waals surface area contributed by atoms with Crippen molar-refractivity contribution in [2.75, 3.05) is 33.4 Å². The Hall–Kier alpha value is -0.610. The van der Waals surface area contributed by atoms with E-state index in [4.69, 9.17) is 14.9 Å². The molecule has 1 aliphatic heterocycles. The Morgan fingerprint density at radius 3 is 2.41 bits per heavy atom. The summed E-state index contributed by atoms with van der Waals surface area (Å²) in [4.78, 5) is 2.13. The molecule has 1 saturated heterocycles. The van der Waals surface area contributed by atoms with Crippen LogP contribution in [0, 0.1) is 11.3 Å². The molecule has 4 heteroatoms. The van der Waals surface area contributed by atoms with Gasteiger partial charge in [-0.15, -0.1) is 0 Å². The van der Waals surface area contributed by atoms with Crippen LogP contribution in [0.3, 0.4) is 0 Å². The van der Waals surface area contributed by atoms with Crippen molar-refractivity contribution >= 4 is 5.84 Å². The third-order valence-corrected chi connectivity index (χ3v) is 4.23. The molecule has 2 aliphatic rings. The van der Waals surface area contributed by atoms with E-state index in [9.17, 15) is 0 Å². The van der Waals surface area contributed by atoms with Crippen LogP contribution in [0.4, 0.5) is 0 Å². The van der Waals surface area contributed by atoms with Crippen molar-refractivity contribution in [2.24, 2.45) is 5.92 Å². The molecule has 4 nitrogen and oxygen atoms in total. The van der Waals surface area contributed by atoms with Gasteiger partial charge < -0.3 is 14.4 Å². The van der Waals surface area contributed by atoms with Crippen molar-refractivity contribution in [2.45, 2.75) is 38.2 Å². The van der Waals surface area contributed by atoms with E-state index in [2.05, 4.69) is 11.8 Å². The molecule has 0 spiro atoms. The fourth-order valence-electron chi connectivity index (χ4n) is 2.84. The second-order valence-corrected chi connectivity index (χ2v) is 5.33. The van der Waals surface area contributed by atoms with E-state index in [-0.39, 0.29) is 5.60 Å². The molecule has 1 heterocycles. The topological polar surface area (TPSA) is 45.5 Å². The summed E-state index contributed by atoms with van der Waals surface area (Å²) in [7, 11) is 1.75. The first-order valence-corrected chi connectivity index (χ1v) is 6.65.